The molecule has 1 atom stereocenters. The van der Waals surface area contributed by atoms with Crippen LogP contribution in [0.2, 0.25) is 0 Å². The molecule has 4 rings (SSSR count). The first-order valence-electron chi connectivity index (χ1n) is 8.83. The van der Waals surface area contributed by atoms with E-state index in [0.717, 1.165) is 37.1 Å². The average molecular weight is 334 g/mol. The molecule has 3 heterocycles. The number of hydrogen-bond acceptors (Lipinski definition) is 2. The van der Waals surface area contributed by atoms with Crippen LogP contribution in [-0.2, 0) is 6.42 Å². The summed E-state index contributed by atoms with van der Waals surface area (Å²) in [6.45, 7) is 1.42. The Morgan fingerprint density at radius 3 is 2.84 bits per heavy atom. The summed E-state index contributed by atoms with van der Waals surface area (Å²) < 4.78 is 2.00. The van der Waals surface area contributed by atoms with E-state index in [0.29, 0.717) is 6.54 Å². The normalized spacial score (nSPS) is 17.1. The number of amides is 2. The third kappa shape index (κ3) is 3.36. The number of carbonyl (C=O) groups is 1. The number of benzene rings is 1. The van der Waals surface area contributed by atoms with Gasteiger partial charge in [0.1, 0.15) is 5.65 Å². The fourth-order valence-corrected chi connectivity index (χ4v) is 3.54. The Balaban J connectivity index is 1.35. The van der Waals surface area contributed by atoms with Crippen LogP contribution in [0.4, 0.5) is 4.79 Å². The third-order valence-electron chi connectivity index (χ3n) is 4.77. The number of nitrogens with one attached hydrogen (secondary N) is 1. The summed E-state index contributed by atoms with van der Waals surface area (Å²) in [7, 11) is 0. The van der Waals surface area contributed by atoms with E-state index < -0.39 is 0 Å². The summed E-state index contributed by atoms with van der Waals surface area (Å²) in [5, 5.41) is 3.05. The lowest BCUT2D eigenvalue weighted by Gasteiger charge is -2.25. The Kier molecular flexibility index (Phi) is 4.37. The maximum atomic E-state index is 12.6. The second kappa shape index (κ2) is 6.97. The van der Waals surface area contributed by atoms with Crippen LogP contribution in [0, 0.1) is 0 Å². The number of rotatable bonds is 4. The van der Waals surface area contributed by atoms with Gasteiger partial charge in [-0.2, -0.15) is 0 Å². The summed E-state index contributed by atoms with van der Waals surface area (Å²) >= 11 is 0. The molecule has 5 nitrogen and oxygen atoms in total. The van der Waals surface area contributed by atoms with Crippen molar-refractivity contribution in [2.45, 2.75) is 25.3 Å². The number of urea groups is 1. The molecule has 1 aliphatic heterocycles. The molecule has 1 N–H and O–H groups in total. The van der Waals surface area contributed by atoms with Crippen LogP contribution >= 0.6 is 0 Å². The van der Waals surface area contributed by atoms with E-state index in [1.54, 1.807) is 0 Å². The maximum Gasteiger partial charge on any atom is 0.317 e. The molecule has 3 aromatic rings. The van der Waals surface area contributed by atoms with E-state index in [9.17, 15) is 4.79 Å². The second-order valence-corrected chi connectivity index (χ2v) is 6.44. The van der Waals surface area contributed by atoms with Gasteiger partial charge in [-0.3, -0.25) is 0 Å². The molecule has 2 aromatic heterocycles. The fourth-order valence-electron chi connectivity index (χ4n) is 3.54. The lowest BCUT2D eigenvalue weighted by atomic mass is 10.1. The SMILES string of the molecule is O=C(NCCc1cn2ccccc2n1)N1CCCC1c1ccccc1. The minimum Gasteiger partial charge on any atom is -0.338 e. The van der Waals surface area contributed by atoms with E-state index in [1.165, 1.54) is 5.56 Å². The molecule has 1 saturated heterocycles. The van der Waals surface area contributed by atoms with Gasteiger partial charge in [-0.25, -0.2) is 9.78 Å². The van der Waals surface area contributed by atoms with Crippen molar-refractivity contribution in [3.8, 4) is 0 Å². The molecule has 128 valence electrons. The quantitative estimate of drug-likeness (QED) is 0.795. The van der Waals surface area contributed by atoms with E-state index in [4.69, 9.17) is 0 Å². The first-order valence-corrected chi connectivity index (χ1v) is 8.83. The van der Waals surface area contributed by atoms with Crippen LogP contribution in [0.15, 0.2) is 60.9 Å². The second-order valence-electron chi connectivity index (χ2n) is 6.44. The van der Waals surface area contributed by atoms with Gasteiger partial charge in [0, 0.05) is 31.9 Å². The van der Waals surface area contributed by atoms with Gasteiger partial charge < -0.3 is 14.6 Å². The standard InChI is InChI=1S/C20H22N4O/c25-20(24-14-6-9-18(24)16-7-2-1-3-8-16)21-12-11-17-15-23-13-5-4-10-19(23)22-17/h1-5,7-8,10,13,15,18H,6,9,11-12,14H2,(H,21,25). The lowest BCUT2D eigenvalue weighted by Crippen LogP contribution is -2.40. The number of hydrogen-bond donors (Lipinski definition) is 1. The topological polar surface area (TPSA) is 49.6 Å². The van der Waals surface area contributed by atoms with Crippen molar-refractivity contribution >= 4 is 11.7 Å². The Labute approximate surface area is 147 Å². The van der Waals surface area contributed by atoms with Crippen LogP contribution in [0.25, 0.3) is 5.65 Å². The van der Waals surface area contributed by atoms with Crippen molar-refractivity contribution in [3.05, 3.63) is 72.2 Å². The molecule has 0 radical (unpaired) electrons. The largest absolute Gasteiger partial charge is 0.338 e. The molecule has 25 heavy (non-hydrogen) atoms. The molecular formula is C20H22N4O. The number of imidazole rings is 1. The fraction of sp³-hybridized carbons (Fsp3) is 0.300. The summed E-state index contributed by atoms with van der Waals surface area (Å²) in [6.07, 6.45) is 6.82. The molecule has 2 amide bonds. The zero-order chi connectivity index (χ0) is 17.1. The van der Waals surface area contributed by atoms with Gasteiger partial charge in [-0.15, -0.1) is 0 Å². The van der Waals surface area contributed by atoms with Crippen LogP contribution in [0.1, 0.15) is 30.1 Å². The zero-order valence-electron chi connectivity index (χ0n) is 14.1. The van der Waals surface area contributed by atoms with E-state index in [1.807, 2.05) is 58.1 Å². The molecule has 1 aliphatic rings. The van der Waals surface area contributed by atoms with Gasteiger partial charge in [0.05, 0.1) is 11.7 Å². The Morgan fingerprint density at radius 1 is 1.16 bits per heavy atom. The van der Waals surface area contributed by atoms with Crippen molar-refractivity contribution in [3.63, 3.8) is 0 Å². The number of likely N-dealkylation sites (tertiary alicyclic amines) is 1. The third-order valence-corrected chi connectivity index (χ3v) is 4.77. The van der Waals surface area contributed by atoms with E-state index in [-0.39, 0.29) is 12.1 Å². The Morgan fingerprint density at radius 2 is 2.00 bits per heavy atom. The monoisotopic (exact) mass is 334 g/mol. The molecule has 0 spiro atoms. The highest BCUT2D eigenvalue weighted by atomic mass is 16.2. The molecule has 0 bridgehead atoms. The Bertz CT molecular complexity index is 825. The molecule has 0 saturated carbocycles. The van der Waals surface area contributed by atoms with Crippen molar-refractivity contribution in [1.82, 2.24) is 19.6 Å². The Hall–Kier alpha value is -2.82. The molecular weight excluding hydrogens is 312 g/mol. The highest BCUT2D eigenvalue weighted by Crippen LogP contribution is 2.31. The lowest BCUT2D eigenvalue weighted by molar-refractivity contribution is 0.193. The van der Waals surface area contributed by atoms with Gasteiger partial charge in [0.2, 0.25) is 0 Å². The van der Waals surface area contributed by atoms with Gasteiger partial charge >= 0.3 is 6.03 Å². The summed E-state index contributed by atoms with van der Waals surface area (Å²) in [5.41, 5.74) is 3.15. The van der Waals surface area contributed by atoms with Crippen LogP contribution in [0.5, 0.6) is 0 Å². The van der Waals surface area contributed by atoms with Crippen LogP contribution in [-0.4, -0.2) is 33.4 Å². The van der Waals surface area contributed by atoms with Crippen molar-refractivity contribution < 1.29 is 4.79 Å². The van der Waals surface area contributed by atoms with Gasteiger partial charge in [-0.05, 0) is 30.5 Å². The predicted octanol–water partition coefficient (Wildman–Crippen LogP) is 3.42. The highest BCUT2D eigenvalue weighted by Gasteiger charge is 2.29. The maximum absolute atomic E-state index is 12.6. The van der Waals surface area contributed by atoms with Crippen molar-refractivity contribution in [2.24, 2.45) is 0 Å². The number of nitrogens with zero attached hydrogens (tertiary/aromatic N) is 3. The average Bonchev–Trinajstić information content (AvgIpc) is 3.29. The predicted molar refractivity (Wildman–Crippen MR) is 97.4 cm³/mol. The first kappa shape index (κ1) is 15.7. The van der Waals surface area contributed by atoms with Crippen molar-refractivity contribution in [1.29, 1.82) is 0 Å². The van der Waals surface area contributed by atoms with Gasteiger partial charge in [0.25, 0.3) is 0 Å². The van der Waals surface area contributed by atoms with Crippen LogP contribution < -0.4 is 5.32 Å². The summed E-state index contributed by atoms with van der Waals surface area (Å²) in [5.74, 6) is 0. The molecule has 1 fully saturated rings. The molecule has 1 aromatic carbocycles. The van der Waals surface area contributed by atoms with Gasteiger partial charge in [0.15, 0.2) is 0 Å². The molecule has 1 unspecified atom stereocenters. The van der Waals surface area contributed by atoms with E-state index in [2.05, 4.69) is 22.4 Å². The zero-order valence-corrected chi connectivity index (χ0v) is 14.1. The van der Waals surface area contributed by atoms with Crippen molar-refractivity contribution in [2.75, 3.05) is 13.1 Å². The minimum atomic E-state index is 0.0233. The first-order chi connectivity index (χ1) is 12.3. The number of pyridine rings is 1. The smallest absolute Gasteiger partial charge is 0.317 e. The number of fused-ring (bicyclic) bond motifs is 1. The highest BCUT2D eigenvalue weighted by molar-refractivity contribution is 5.75. The molecule has 5 heteroatoms. The number of carbonyl (C=O) groups excluding carboxylic acids is 1. The van der Waals surface area contributed by atoms with Gasteiger partial charge in [-0.1, -0.05) is 36.4 Å². The minimum absolute atomic E-state index is 0.0233. The summed E-state index contributed by atoms with van der Waals surface area (Å²) in [4.78, 5) is 19.1. The number of aromatic nitrogens is 2. The molecule has 0 aliphatic carbocycles. The summed E-state index contributed by atoms with van der Waals surface area (Å²) in [6, 6.07) is 16.4. The van der Waals surface area contributed by atoms with Crippen LogP contribution in [0.3, 0.4) is 0 Å². The van der Waals surface area contributed by atoms with E-state index >= 15 is 0 Å².